The molecule has 1 aliphatic heterocycles. The number of hydrogen-bond donors (Lipinski definition) is 1. The fourth-order valence-corrected chi connectivity index (χ4v) is 2.02. The molecule has 11 heavy (non-hydrogen) atoms. The number of rotatable bonds is 1. The van der Waals surface area contributed by atoms with Crippen molar-refractivity contribution in [3.05, 3.63) is 11.1 Å². The molecule has 1 heterocycles. The monoisotopic (exact) mass is 236 g/mol. The molecule has 0 saturated heterocycles. The summed E-state index contributed by atoms with van der Waals surface area (Å²) in [5.74, 6) is 0.0104. The van der Waals surface area contributed by atoms with Gasteiger partial charge in [-0.05, 0) is 12.3 Å². The summed E-state index contributed by atoms with van der Waals surface area (Å²) < 4.78 is 0. The van der Waals surface area contributed by atoms with Crippen LogP contribution in [0.5, 0.6) is 0 Å². The maximum absolute atomic E-state index is 11.2. The van der Waals surface area contributed by atoms with Gasteiger partial charge in [0.1, 0.15) is 5.50 Å². The Hall–Kier alpha value is -0.0000000000000000555. The number of thioether (sulfide) groups is 1. The molecule has 0 aromatic carbocycles. The number of nitrogens with two attached hydrogens (primary N) is 1. The normalized spacial score (nSPS) is 23.7. The standard InChI is InChI=1S/C6H9BrN2OS/c1-4-3-11-6(8)9(4)5(10)2-7/h3,6H,2,8H2,1H3. The first kappa shape index (κ1) is 9.09. The molecule has 1 unspecified atom stereocenters. The Bertz CT molecular complexity index is 207. The molecular formula is C6H9BrN2OS. The van der Waals surface area contributed by atoms with Crippen LogP contribution in [0.1, 0.15) is 6.92 Å². The molecule has 0 bridgehead atoms. The van der Waals surface area contributed by atoms with Crippen molar-refractivity contribution in [1.29, 1.82) is 0 Å². The van der Waals surface area contributed by atoms with Crippen LogP contribution < -0.4 is 5.73 Å². The van der Waals surface area contributed by atoms with E-state index in [0.717, 1.165) is 5.70 Å². The van der Waals surface area contributed by atoms with Crippen molar-refractivity contribution >= 4 is 33.6 Å². The number of allylic oxidation sites excluding steroid dienone is 1. The Morgan fingerprint density at radius 1 is 2.00 bits per heavy atom. The van der Waals surface area contributed by atoms with Crippen LogP contribution >= 0.6 is 27.7 Å². The maximum atomic E-state index is 11.2. The molecule has 0 radical (unpaired) electrons. The Labute approximate surface area is 78.1 Å². The van der Waals surface area contributed by atoms with Gasteiger partial charge >= 0.3 is 0 Å². The van der Waals surface area contributed by atoms with E-state index in [4.69, 9.17) is 5.73 Å². The third-order valence-corrected chi connectivity index (χ3v) is 2.84. The molecule has 0 aromatic rings. The highest BCUT2D eigenvalue weighted by atomic mass is 79.9. The van der Waals surface area contributed by atoms with Crippen LogP contribution in [0.4, 0.5) is 0 Å². The van der Waals surface area contributed by atoms with E-state index in [1.54, 1.807) is 4.90 Å². The SMILES string of the molecule is CC1=CSC(N)N1C(=O)CBr. The highest BCUT2D eigenvalue weighted by molar-refractivity contribution is 9.09. The first-order chi connectivity index (χ1) is 5.16. The van der Waals surface area contributed by atoms with Crippen LogP contribution in [0.25, 0.3) is 0 Å². The Balaban J connectivity index is 2.70. The minimum absolute atomic E-state index is 0.0104. The van der Waals surface area contributed by atoms with Gasteiger partial charge in [-0.1, -0.05) is 27.7 Å². The summed E-state index contributed by atoms with van der Waals surface area (Å²) in [6, 6.07) is 0. The van der Waals surface area contributed by atoms with E-state index < -0.39 is 0 Å². The number of hydrogen-bond acceptors (Lipinski definition) is 3. The lowest BCUT2D eigenvalue weighted by Crippen LogP contribution is -2.39. The number of carbonyl (C=O) groups is 1. The zero-order chi connectivity index (χ0) is 8.43. The van der Waals surface area contributed by atoms with E-state index >= 15 is 0 Å². The number of alkyl halides is 1. The molecule has 1 amide bonds. The van der Waals surface area contributed by atoms with Crippen LogP contribution in [-0.4, -0.2) is 21.6 Å². The predicted molar refractivity (Wildman–Crippen MR) is 50.0 cm³/mol. The fraction of sp³-hybridized carbons (Fsp3) is 0.500. The van der Waals surface area contributed by atoms with Gasteiger partial charge in [0, 0.05) is 5.70 Å². The number of carbonyl (C=O) groups excluding carboxylic acids is 1. The van der Waals surface area contributed by atoms with Gasteiger partial charge in [0.15, 0.2) is 0 Å². The van der Waals surface area contributed by atoms with E-state index in [1.165, 1.54) is 11.8 Å². The first-order valence-corrected chi connectivity index (χ1v) is 5.19. The molecule has 0 saturated carbocycles. The summed E-state index contributed by atoms with van der Waals surface area (Å²) >= 11 is 4.55. The van der Waals surface area contributed by atoms with Gasteiger partial charge in [-0.15, -0.1) is 0 Å². The van der Waals surface area contributed by atoms with Crippen molar-refractivity contribution in [2.24, 2.45) is 5.73 Å². The summed E-state index contributed by atoms with van der Waals surface area (Å²) in [6.07, 6.45) is 0. The minimum atomic E-state index is -0.236. The molecule has 1 rings (SSSR count). The lowest BCUT2D eigenvalue weighted by molar-refractivity contribution is -0.126. The molecule has 1 atom stereocenters. The van der Waals surface area contributed by atoms with Gasteiger partial charge in [0.05, 0.1) is 5.33 Å². The number of nitrogens with zero attached hydrogens (tertiary/aromatic N) is 1. The highest BCUT2D eigenvalue weighted by Crippen LogP contribution is 2.27. The molecule has 62 valence electrons. The zero-order valence-electron chi connectivity index (χ0n) is 6.08. The highest BCUT2D eigenvalue weighted by Gasteiger charge is 2.25. The van der Waals surface area contributed by atoms with Crippen molar-refractivity contribution in [2.45, 2.75) is 12.4 Å². The summed E-state index contributed by atoms with van der Waals surface area (Å²) in [4.78, 5) is 12.8. The fourth-order valence-electron chi connectivity index (χ4n) is 0.890. The van der Waals surface area contributed by atoms with Crippen molar-refractivity contribution < 1.29 is 4.79 Å². The maximum Gasteiger partial charge on any atom is 0.239 e. The van der Waals surface area contributed by atoms with Crippen molar-refractivity contribution in [1.82, 2.24) is 4.90 Å². The van der Waals surface area contributed by atoms with Gasteiger partial charge in [-0.3, -0.25) is 9.69 Å². The average Bonchev–Trinajstić information content (AvgIpc) is 2.30. The minimum Gasteiger partial charge on any atom is -0.302 e. The third-order valence-electron chi connectivity index (χ3n) is 1.40. The van der Waals surface area contributed by atoms with Crippen LogP contribution in [0, 0.1) is 0 Å². The molecule has 1 aliphatic rings. The summed E-state index contributed by atoms with van der Waals surface area (Å²) in [7, 11) is 0. The lowest BCUT2D eigenvalue weighted by Gasteiger charge is -2.21. The topological polar surface area (TPSA) is 46.3 Å². The van der Waals surface area contributed by atoms with Gasteiger partial charge in [0.2, 0.25) is 5.91 Å². The predicted octanol–water partition coefficient (Wildman–Crippen LogP) is 1.06. The molecule has 0 aromatic heterocycles. The van der Waals surface area contributed by atoms with Crippen LogP contribution in [0.15, 0.2) is 11.1 Å². The van der Waals surface area contributed by atoms with Crippen LogP contribution in [0.2, 0.25) is 0 Å². The van der Waals surface area contributed by atoms with Crippen LogP contribution in [-0.2, 0) is 4.79 Å². The third kappa shape index (κ3) is 1.77. The summed E-state index contributed by atoms with van der Waals surface area (Å²) in [5, 5.41) is 2.22. The second kappa shape index (κ2) is 3.60. The summed E-state index contributed by atoms with van der Waals surface area (Å²) in [6.45, 7) is 1.88. The number of amides is 1. The summed E-state index contributed by atoms with van der Waals surface area (Å²) in [5.41, 5.74) is 6.33. The van der Waals surface area contributed by atoms with Crippen molar-refractivity contribution in [3.8, 4) is 0 Å². The molecule has 0 aliphatic carbocycles. The Morgan fingerprint density at radius 2 is 2.64 bits per heavy atom. The molecule has 0 fully saturated rings. The van der Waals surface area contributed by atoms with E-state index in [1.807, 2.05) is 12.3 Å². The quantitative estimate of drug-likeness (QED) is 0.693. The van der Waals surface area contributed by atoms with Gasteiger partial charge < -0.3 is 5.73 Å². The largest absolute Gasteiger partial charge is 0.302 e. The van der Waals surface area contributed by atoms with E-state index in [2.05, 4.69) is 15.9 Å². The van der Waals surface area contributed by atoms with E-state index in [0.29, 0.717) is 5.33 Å². The molecular weight excluding hydrogens is 228 g/mol. The van der Waals surface area contributed by atoms with E-state index in [-0.39, 0.29) is 11.4 Å². The van der Waals surface area contributed by atoms with Crippen molar-refractivity contribution in [2.75, 3.05) is 5.33 Å². The Kier molecular flexibility index (Phi) is 2.98. The molecule has 0 spiro atoms. The average molecular weight is 237 g/mol. The zero-order valence-corrected chi connectivity index (χ0v) is 8.48. The molecule has 5 heteroatoms. The van der Waals surface area contributed by atoms with Gasteiger partial charge in [0.25, 0.3) is 0 Å². The lowest BCUT2D eigenvalue weighted by atomic mass is 10.4. The first-order valence-electron chi connectivity index (χ1n) is 3.12. The van der Waals surface area contributed by atoms with Gasteiger partial charge in [-0.25, -0.2) is 0 Å². The molecule has 3 nitrogen and oxygen atoms in total. The van der Waals surface area contributed by atoms with Crippen LogP contribution in [0.3, 0.4) is 0 Å². The molecule has 2 N–H and O–H groups in total. The second-order valence-electron chi connectivity index (χ2n) is 2.18. The smallest absolute Gasteiger partial charge is 0.239 e. The number of halogens is 1. The van der Waals surface area contributed by atoms with E-state index in [9.17, 15) is 4.79 Å². The van der Waals surface area contributed by atoms with Crippen molar-refractivity contribution in [3.63, 3.8) is 0 Å². The van der Waals surface area contributed by atoms with Gasteiger partial charge in [-0.2, -0.15) is 0 Å². The second-order valence-corrected chi connectivity index (χ2v) is 3.73. The Morgan fingerprint density at radius 3 is 3.00 bits per heavy atom.